The minimum absolute atomic E-state index is 0.0201. The second-order valence-electron chi connectivity index (χ2n) is 2.87. The Morgan fingerprint density at radius 2 is 2.25 bits per heavy atom. The topological polar surface area (TPSA) is 104 Å². The number of nitrogen functional groups attached to an aromatic ring is 1. The molecule has 0 fully saturated rings. The van der Waals surface area contributed by atoms with Gasteiger partial charge in [0.25, 0.3) is 5.69 Å². The van der Waals surface area contributed by atoms with Gasteiger partial charge in [-0.05, 0) is 6.07 Å². The van der Waals surface area contributed by atoms with E-state index in [-0.39, 0.29) is 17.9 Å². The molecule has 4 N–H and O–H groups in total. The lowest BCUT2D eigenvalue weighted by Gasteiger charge is -2.04. The summed E-state index contributed by atoms with van der Waals surface area (Å²) in [6, 6.07) is 2.79. The first-order chi connectivity index (χ1) is 7.60. The molecule has 84 valence electrons. The summed E-state index contributed by atoms with van der Waals surface area (Å²) < 4.78 is 4.92. The zero-order valence-electron chi connectivity index (χ0n) is 8.69. The molecule has 6 nitrogen and oxygen atoms in total. The van der Waals surface area contributed by atoms with Crippen LogP contribution in [0.3, 0.4) is 0 Å². The van der Waals surface area contributed by atoms with Crippen molar-refractivity contribution in [2.45, 2.75) is 0 Å². The number of anilines is 1. The number of benzene rings is 1. The molecule has 0 saturated carbocycles. The molecule has 0 atom stereocenters. The van der Waals surface area contributed by atoms with Crippen molar-refractivity contribution in [1.29, 1.82) is 0 Å². The highest BCUT2D eigenvalue weighted by Crippen LogP contribution is 2.30. The molecule has 0 aliphatic rings. The number of nitro groups is 1. The average Bonchev–Trinajstić information content (AvgIpc) is 2.27. The van der Waals surface area contributed by atoms with Gasteiger partial charge in [-0.15, -0.1) is 0 Å². The van der Waals surface area contributed by atoms with E-state index in [1.54, 1.807) is 0 Å². The molecule has 0 saturated heterocycles. The summed E-state index contributed by atoms with van der Waals surface area (Å²) in [5, 5.41) is 10.7. The summed E-state index contributed by atoms with van der Waals surface area (Å²) in [6.45, 7) is 0.157. The third-order valence-electron chi connectivity index (χ3n) is 1.89. The molecule has 0 amide bonds. The van der Waals surface area contributed by atoms with Gasteiger partial charge in [0, 0.05) is 0 Å². The molecule has 0 bridgehead atoms. The summed E-state index contributed by atoms with van der Waals surface area (Å²) in [5.41, 5.74) is 11.0. The zero-order valence-corrected chi connectivity index (χ0v) is 8.69. The number of nitrogens with two attached hydrogens (primary N) is 2. The predicted octanol–water partition coefficient (Wildman–Crippen LogP) is 0.496. The summed E-state index contributed by atoms with van der Waals surface area (Å²) >= 11 is 0. The molecular weight excluding hydrogens is 210 g/mol. The van der Waals surface area contributed by atoms with E-state index in [1.807, 2.05) is 0 Å². The lowest BCUT2D eigenvalue weighted by Crippen LogP contribution is -2.00. The fourth-order valence-corrected chi connectivity index (χ4v) is 1.13. The van der Waals surface area contributed by atoms with Gasteiger partial charge in [-0.2, -0.15) is 0 Å². The van der Waals surface area contributed by atoms with Crippen LogP contribution in [0.4, 0.5) is 11.4 Å². The highest BCUT2D eigenvalue weighted by molar-refractivity contribution is 5.70. The predicted molar refractivity (Wildman–Crippen MR) is 60.0 cm³/mol. The minimum atomic E-state index is -0.578. The Morgan fingerprint density at radius 1 is 1.56 bits per heavy atom. The summed E-state index contributed by atoms with van der Waals surface area (Å²) in [6.07, 6.45) is 0. The van der Waals surface area contributed by atoms with Crippen molar-refractivity contribution in [3.63, 3.8) is 0 Å². The van der Waals surface area contributed by atoms with Gasteiger partial charge < -0.3 is 16.2 Å². The molecule has 0 heterocycles. The molecule has 0 unspecified atom stereocenters. The van der Waals surface area contributed by atoms with Crippen molar-refractivity contribution >= 4 is 11.4 Å². The lowest BCUT2D eigenvalue weighted by atomic mass is 10.1. The number of methoxy groups -OCH3 is 1. The van der Waals surface area contributed by atoms with Crippen molar-refractivity contribution in [3.05, 3.63) is 27.8 Å². The summed E-state index contributed by atoms with van der Waals surface area (Å²) in [5.74, 6) is 5.58. The molecule has 1 rings (SSSR count). The molecule has 0 aromatic heterocycles. The van der Waals surface area contributed by atoms with Crippen LogP contribution in [0.1, 0.15) is 5.56 Å². The van der Waals surface area contributed by atoms with E-state index in [0.29, 0.717) is 11.3 Å². The van der Waals surface area contributed by atoms with E-state index in [2.05, 4.69) is 11.8 Å². The first-order valence-electron chi connectivity index (χ1n) is 4.41. The molecule has 6 heteroatoms. The normalized spacial score (nSPS) is 9.12. The molecule has 1 aromatic carbocycles. The molecule has 0 spiro atoms. The van der Waals surface area contributed by atoms with Gasteiger partial charge in [0.15, 0.2) is 0 Å². The summed E-state index contributed by atoms with van der Waals surface area (Å²) in [7, 11) is 1.41. The average molecular weight is 221 g/mol. The van der Waals surface area contributed by atoms with Gasteiger partial charge in [-0.25, -0.2) is 0 Å². The highest BCUT2D eigenvalue weighted by Gasteiger charge is 2.16. The second kappa shape index (κ2) is 5.00. The van der Waals surface area contributed by atoms with Crippen LogP contribution >= 0.6 is 0 Å². The van der Waals surface area contributed by atoms with Crippen LogP contribution in [0.2, 0.25) is 0 Å². The van der Waals surface area contributed by atoms with Gasteiger partial charge in [0.2, 0.25) is 0 Å². The third kappa shape index (κ3) is 2.40. The highest BCUT2D eigenvalue weighted by atomic mass is 16.6. The molecule has 0 aliphatic heterocycles. The van der Waals surface area contributed by atoms with E-state index in [4.69, 9.17) is 16.2 Å². The van der Waals surface area contributed by atoms with Gasteiger partial charge in [0.1, 0.15) is 11.4 Å². The Hall–Kier alpha value is -2.26. The Labute approximate surface area is 92.3 Å². The van der Waals surface area contributed by atoms with E-state index in [0.717, 1.165) is 0 Å². The largest absolute Gasteiger partial charge is 0.496 e. The third-order valence-corrected chi connectivity index (χ3v) is 1.89. The molecule has 0 aliphatic carbocycles. The molecule has 0 radical (unpaired) electrons. The monoisotopic (exact) mass is 221 g/mol. The van der Waals surface area contributed by atoms with Crippen molar-refractivity contribution in [2.24, 2.45) is 5.73 Å². The maximum atomic E-state index is 10.7. The van der Waals surface area contributed by atoms with Crippen LogP contribution in [0, 0.1) is 22.0 Å². The van der Waals surface area contributed by atoms with E-state index in [9.17, 15) is 10.1 Å². The fourth-order valence-electron chi connectivity index (χ4n) is 1.13. The fraction of sp³-hybridized carbons (Fsp3) is 0.200. The quantitative estimate of drug-likeness (QED) is 0.327. The Bertz CT molecular complexity index is 474. The SMILES string of the molecule is COc1cc(C#CCN)c(N)c([N+](=O)[O-])c1. The van der Waals surface area contributed by atoms with Crippen LogP contribution in [0.5, 0.6) is 5.75 Å². The summed E-state index contributed by atoms with van der Waals surface area (Å²) in [4.78, 5) is 10.1. The number of nitrogens with zero attached hydrogens (tertiary/aromatic N) is 1. The standard InChI is InChI=1S/C10H11N3O3/c1-16-8-5-7(3-2-4-11)10(12)9(6-8)13(14)15/h5-6H,4,11-12H2,1H3. The second-order valence-corrected chi connectivity index (χ2v) is 2.87. The number of nitro benzene ring substituents is 1. The van der Waals surface area contributed by atoms with Gasteiger partial charge in [0.05, 0.1) is 30.2 Å². The zero-order chi connectivity index (χ0) is 12.1. The first kappa shape index (κ1) is 11.8. The number of rotatable bonds is 2. The maximum absolute atomic E-state index is 10.7. The van der Waals surface area contributed by atoms with E-state index in [1.165, 1.54) is 19.2 Å². The lowest BCUT2D eigenvalue weighted by molar-refractivity contribution is -0.384. The van der Waals surface area contributed by atoms with Crippen LogP contribution in [0.25, 0.3) is 0 Å². The van der Waals surface area contributed by atoms with Crippen molar-refractivity contribution in [1.82, 2.24) is 0 Å². The van der Waals surface area contributed by atoms with Crippen LogP contribution in [0.15, 0.2) is 12.1 Å². The minimum Gasteiger partial charge on any atom is -0.496 e. The van der Waals surface area contributed by atoms with E-state index < -0.39 is 4.92 Å². The molecular formula is C10H11N3O3. The van der Waals surface area contributed by atoms with Crippen LogP contribution in [-0.4, -0.2) is 18.6 Å². The molecule has 1 aromatic rings. The van der Waals surface area contributed by atoms with Crippen molar-refractivity contribution < 1.29 is 9.66 Å². The Morgan fingerprint density at radius 3 is 2.75 bits per heavy atom. The van der Waals surface area contributed by atoms with Crippen molar-refractivity contribution in [3.8, 4) is 17.6 Å². The van der Waals surface area contributed by atoms with E-state index >= 15 is 0 Å². The van der Waals surface area contributed by atoms with Crippen LogP contribution < -0.4 is 16.2 Å². The Balaban J connectivity index is 3.37. The van der Waals surface area contributed by atoms with Gasteiger partial charge in [-0.3, -0.25) is 10.1 Å². The first-order valence-corrected chi connectivity index (χ1v) is 4.41. The smallest absolute Gasteiger partial charge is 0.297 e. The number of ether oxygens (including phenoxy) is 1. The van der Waals surface area contributed by atoms with Crippen LogP contribution in [-0.2, 0) is 0 Å². The van der Waals surface area contributed by atoms with Gasteiger partial charge in [-0.1, -0.05) is 11.8 Å². The number of hydrogen-bond donors (Lipinski definition) is 2. The van der Waals surface area contributed by atoms with Crippen molar-refractivity contribution in [2.75, 3.05) is 19.4 Å². The maximum Gasteiger partial charge on any atom is 0.297 e. The number of hydrogen-bond acceptors (Lipinski definition) is 5. The molecule has 16 heavy (non-hydrogen) atoms. The van der Waals surface area contributed by atoms with Gasteiger partial charge >= 0.3 is 0 Å². The Kier molecular flexibility index (Phi) is 3.69.